The second-order valence-corrected chi connectivity index (χ2v) is 5.30. The highest BCUT2D eigenvalue weighted by Crippen LogP contribution is 2.25. The van der Waals surface area contributed by atoms with E-state index >= 15 is 0 Å². The van der Waals surface area contributed by atoms with Crippen molar-refractivity contribution in [3.63, 3.8) is 0 Å². The molecule has 0 fully saturated rings. The van der Waals surface area contributed by atoms with Gasteiger partial charge in [0.05, 0.1) is 12.2 Å². The third kappa shape index (κ3) is 2.88. The molecule has 2 aromatic carbocycles. The van der Waals surface area contributed by atoms with Crippen molar-refractivity contribution in [2.75, 3.05) is 11.4 Å². The molecule has 1 aliphatic rings. The Hall–Kier alpha value is -2.57. The van der Waals surface area contributed by atoms with Crippen LogP contribution in [0.4, 0.5) is 5.69 Å². The van der Waals surface area contributed by atoms with Crippen LogP contribution in [0.15, 0.2) is 48.5 Å². The first-order valence-electron chi connectivity index (χ1n) is 7.49. The Morgan fingerprint density at radius 3 is 2.55 bits per heavy atom. The molecule has 0 spiro atoms. The van der Waals surface area contributed by atoms with Gasteiger partial charge in [-0.15, -0.1) is 0 Å². The summed E-state index contributed by atoms with van der Waals surface area (Å²) in [5.74, 6) is 6.50. The Morgan fingerprint density at radius 1 is 1.05 bits per heavy atom. The lowest BCUT2D eigenvalue weighted by molar-refractivity contribution is -0.118. The topological polar surface area (TPSA) is 46.3 Å². The zero-order valence-electron chi connectivity index (χ0n) is 12.4. The van der Waals surface area contributed by atoms with E-state index in [4.69, 9.17) is 5.73 Å². The molecule has 0 atom stereocenters. The lowest BCUT2D eigenvalue weighted by Gasteiger charge is -2.26. The molecule has 110 valence electrons. The van der Waals surface area contributed by atoms with Gasteiger partial charge in [-0.25, -0.2) is 0 Å². The number of benzene rings is 2. The van der Waals surface area contributed by atoms with Crippen molar-refractivity contribution < 1.29 is 4.79 Å². The standard InChI is InChI=1S/C19H18N2O/c20-13-5-10-19(22)21-14-17-8-2-1-6-15(17)11-12-16-7-3-4-9-18(16)21/h1-4,6-9H,5,10,13-14,20H2. The van der Waals surface area contributed by atoms with E-state index in [1.807, 2.05) is 53.4 Å². The molecule has 1 heterocycles. The normalized spacial score (nSPS) is 12.3. The Morgan fingerprint density at radius 2 is 1.73 bits per heavy atom. The summed E-state index contributed by atoms with van der Waals surface area (Å²) in [5, 5.41) is 0. The lowest BCUT2D eigenvalue weighted by Crippen LogP contribution is -2.32. The van der Waals surface area contributed by atoms with Crippen LogP contribution in [-0.2, 0) is 11.3 Å². The number of carbonyl (C=O) groups is 1. The van der Waals surface area contributed by atoms with Crippen molar-refractivity contribution in [1.82, 2.24) is 0 Å². The molecule has 0 saturated heterocycles. The number of hydrogen-bond acceptors (Lipinski definition) is 2. The molecule has 0 unspecified atom stereocenters. The molecule has 3 heteroatoms. The molecule has 2 aromatic rings. The van der Waals surface area contributed by atoms with E-state index < -0.39 is 0 Å². The van der Waals surface area contributed by atoms with Gasteiger partial charge in [-0.3, -0.25) is 4.79 Å². The van der Waals surface area contributed by atoms with Gasteiger partial charge in [-0.1, -0.05) is 42.2 Å². The number of carbonyl (C=O) groups excluding carboxylic acids is 1. The Bertz CT molecular complexity index is 755. The summed E-state index contributed by atoms with van der Waals surface area (Å²) in [6.45, 7) is 1.07. The van der Waals surface area contributed by atoms with Gasteiger partial charge in [0, 0.05) is 17.5 Å². The molecule has 0 aliphatic carbocycles. The highest BCUT2D eigenvalue weighted by Gasteiger charge is 2.20. The molecule has 22 heavy (non-hydrogen) atoms. The van der Waals surface area contributed by atoms with E-state index in [1.165, 1.54) is 0 Å². The third-order valence-corrected chi connectivity index (χ3v) is 3.77. The predicted molar refractivity (Wildman–Crippen MR) is 88.3 cm³/mol. The van der Waals surface area contributed by atoms with E-state index in [-0.39, 0.29) is 5.91 Å². The molecule has 2 N–H and O–H groups in total. The van der Waals surface area contributed by atoms with Gasteiger partial charge in [-0.2, -0.15) is 0 Å². The van der Waals surface area contributed by atoms with Crippen LogP contribution in [0.2, 0.25) is 0 Å². The number of rotatable bonds is 3. The molecule has 0 radical (unpaired) electrons. The van der Waals surface area contributed by atoms with Crippen LogP contribution in [-0.4, -0.2) is 12.5 Å². The number of nitrogens with zero attached hydrogens (tertiary/aromatic N) is 1. The van der Waals surface area contributed by atoms with Crippen LogP contribution >= 0.6 is 0 Å². The summed E-state index contributed by atoms with van der Waals surface area (Å²) in [7, 11) is 0. The van der Waals surface area contributed by atoms with E-state index in [1.54, 1.807) is 0 Å². The minimum absolute atomic E-state index is 0.0939. The highest BCUT2D eigenvalue weighted by molar-refractivity contribution is 5.95. The average molecular weight is 290 g/mol. The van der Waals surface area contributed by atoms with Crippen LogP contribution in [0, 0.1) is 11.8 Å². The second kappa shape index (κ2) is 6.46. The summed E-state index contributed by atoms with van der Waals surface area (Å²) < 4.78 is 0. The number of amides is 1. The van der Waals surface area contributed by atoms with Crippen molar-refractivity contribution >= 4 is 11.6 Å². The zero-order chi connectivity index (χ0) is 15.4. The van der Waals surface area contributed by atoms with E-state index in [0.717, 1.165) is 22.4 Å². The summed E-state index contributed by atoms with van der Waals surface area (Å²) >= 11 is 0. The zero-order valence-corrected chi connectivity index (χ0v) is 12.4. The van der Waals surface area contributed by atoms with Gasteiger partial charge in [0.15, 0.2) is 0 Å². The first kappa shape index (κ1) is 14.4. The largest absolute Gasteiger partial charge is 0.330 e. The van der Waals surface area contributed by atoms with Crippen LogP contribution < -0.4 is 10.6 Å². The molecule has 1 amide bonds. The number of nitrogens with two attached hydrogens (primary N) is 1. The van der Waals surface area contributed by atoms with Crippen LogP contribution in [0.3, 0.4) is 0 Å². The number of anilines is 1. The van der Waals surface area contributed by atoms with Crippen LogP contribution in [0.1, 0.15) is 29.5 Å². The molecule has 0 saturated carbocycles. The van der Waals surface area contributed by atoms with E-state index in [9.17, 15) is 4.79 Å². The van der Waals surface area contributed by atoms with Crippen molar-refractivity contribution in [2.24, 2.45) is 5.73 Å². The third-order valence-electron chi connectivity index (χ3n) is 3.77. The molecule has 3 rings (SSSR count). The van der Waals surface area contributed by atoms with Gasteiger partial charge in [0.25, 0.3) is 0 Å². The first-order chi connectivity index (χ1) is 10.8. The second-order valence-electron chi connectivity index (χ2n) is 5.30. The lowest BCUT2D eigenvalue weighted by atomic mass is 10.0. The monoisotopic (exact) mass is 290 g/mol. The molecule has 1 aliphatic heterocycles. The highest BCUT2D eigenvalue weighted by atomic mass is 16.2. The smallest absolute Gasteiger partial charge is 0.227 e. The van der Waals surface area contributed by atoms with E-state index in [2.05, 4.69) is 11.8 Å². The molecular weight excluding hydrogens is 272 g/mol. The van der Waals surface area contributed by atoms with Crippen molar-refractivity contribution in [2.45, 2.75) is 19.4 Å². The fraction of sp³-hybridized carbons (Fsp3) is 0.211. The summed E-state index contributed by atoms with van der Waals surface area (Å²) in [6, 6.07) is 15.8. The van der Waals surface area contributed by atoms with Crippen LogP contribution in [0.25, 0.3) is 0 Å². The van der Waals surface area contributed by atoms with Gasteiger partial charge in [0.2, 0.25) is 5.91 Å². The van der Waals surface area contributed by atoms with Gasteiger partial charge < -0.3 is 10.6 Å². The van der Waals surface area contributed by atoms with Gasteiger partial charge in [-0.05, 0) is 36.7 Å². The van der Waals surface area contributed by atoms with E-state index in [0.29, 0.717) is 25.9 Å². The fourth-order valence-corrected chi connectivity index (χ4v) is 2.60. The Balaban J connectivity index is 2.07. The average Bonchev–Trinajstić information content (AvgIpc) is 2.55. The summed E-state index contributed by atoms with van der Waals surface area (Å²) in [5.41, 5.74) is 9.36. The van der Waals surface area contributed by atoms with Gasteiger partial charge >= 0.3 is 0 Å². The Kier molecular flexibility index (Phi) is 4.22. The van der Waals surface area contributed by atoms with Crippen molar-refractivity contribution in [3.8, 4) is 11.8 Å². The SMILES string of the molecule is NCCCC(=O)N1Cc2ccccc2C#Cc2ccccc21. The molecular formula is C19H18N2O. The molecule has 0 aromatic heterocycles. The van der Waals surface area contributed by atoms with Crippen LogP contribution in [0.5, 0.6) is 0 Å². The minimum atomic E-state index is 0.0939. The summed E-state index contributed by atoms with van der Waals surface area (Å²) in [6.07, 6.45) is 1.16. The maximum absolute atomic E-state index is 12.6. The minimum Gasteiger partial charge on any atom is -0.330 e. The fourth-order valence-electron chi connectivity index (χ4n) is 2.60. The number of hydrogen-bond donors (Lipinski definition) is 1. The quantitative estimate of drug-likeness (QED) is 0.883. The Labute approximate surface area is 130 Å². The van der Waals surface area contributed by atoms with Crippen molar-refractivity contribution in [3.05, 3.63) is 65.2 Å². The number of fused-ring (bicyclic) bond motifs is 2. The summed E-state index contributed by atoms with van der Waals surface area (Å²) in [4.78, 5) is 14.4. The van der Waals surface area contributed by atoms with Crippen molar-refractivity contribution in [1.29, 1.82) is 0 Å². The maximum atomic E-state index is 12.6. The first-order valence-corrected chi connectivity index (χ1v) is 7.49. The molecule has 3 nitrogen and oxygen atoms in total. The number of para-hydroxylation sites is 1. The predicted octanol–water partition coefficient (Wildman–Crippen LogP) is 2.67. The maximum Gasteiger partial charge on any atom is 0.227 e. The van der Waals surface area contributed by atoms with Gasteiger partial charge in [0.1, 0.15) is 0 Å². The molecule has 0 bridgehead atoms.